The average Bonchev–Trinajstić information content (AvgIpc) is 2.20. The van der Waals surface area contributed by atoms with Crippen molar-refractivity contribution in [2.45, 2.75) is 6.92 Å². The topological polar surface area (TPSA) is 55.4 Å². The fourth-order valence-corrected chi connectivity index (χ4v) is 1.03. The molecule has 0 unspecified atom stereocenters. The molecule has 0 bridgehead atoms. The minimum absolute atomic E-state index is 0.381. The minimum atomic E-state index is -0.987. The lowest BCUT2D eigenvalue weighted by Crippen LogP contribution is -2.24. The van der Waals surface area contributed by atoms with Crippen LogP contribution in [0.25, 0.3) is 0 Å². The van der Waals surface area contributed by atoms with Crippen LogP contribution in [-0.4, -0.2) is 19.0 Å². The quantitative estimate of drug-likeness (QED) is 0.561. The third-order valence-corrected chi connectivity index (χ3v) is 1.81. The zero-order chi connectivity index (χ0) is 11.4. The molecule has 4 nitrogen and oxygen atoms in total. The molecule has 0 saturated carbocycles. The van der Waals surface area contributed by atoms with Crippen LogP contribution in [0.15, 0.2) is 18.2 Å². The van der Waals surface area contributed by atoms with Crippen molar-refractivity contribution in [2.75, 3.05) is 12.4 Å². The Morgan fingerprint density at radius 1 is 1.40 bits per heavy atom. The molecule has 15 heavy (non-hydrogen) atoms. The van der Waals surface area contributed by atoms with Crippen LogP contribution >= 0.6 is 0 Å². The third-order valence-electron chi connectivity index (χ3n) is 1.81. The van der Waals surface area contributed by atoms with Crippen LogP contribution in [0.1, 0.15) is 5.56 Å². The summed E-state index contributed by atoms with van der Waals surface area (Å²) < 4.78 is 16.9. The van der Waals surface area contributed by atoms with Gasteiger partial charge in [-0.15, -0.1) is 0 Å². The number of rotatable bonds is 1. The number of anilines is 1. The van der Waals surface area contributed by atoms with Crippen LogP contribution < -0.4 is 5.32 Å². The molecular formula is C10H10FNO3. The summed E-state index contributed by atoms with van der Waals surface area (Å²) in [6.07, 6.45) is 0. The number of ether oxygens (including phenoxy) is 1. The molecule has 0 radical (unpaired) electrons. The van der Waals surface area contributed by atoms with E-state index < -0.39 is 17.7 Å². The van der Waals surface area contributed by atoms with Gasteiger partial charge in [-0.05, 0) is 30.7 Å². The van der Waals surface area contributed by atoms with E-state index in [9.17, 15) is 14.0 Å². The smallest absolute Gasteiger partial charge is 0.396 e. The Bertz CT molecular complexity index is 404. The molecule has 0 aromatic heterocycles. The zero-order valence-electron chi connectivity index (χ0n) is 8.33. The number of methoxy groups -OCH3 is 1. The first kappa shape index (κ1) is 11.2. The van der Waals surface area contributed by atoms with Gasteiger partial charge in [-0.3, -0.25) is 4.79 Å². The largest absolute Gasteiger partial charge is 0.462 e. The van der Waals surface area contributed by atoms with Crippen molar-refractivity contribution in [2.24, 2.45) is 0 Å². The Labute approximate surface area is 86.0 Å². The molecule has 0 aliphatic carbocycles. The van der Waals surface area contributed by atoms with Gasteiger partial charge in [0.05, 0.1) is 7.11 Å². The molecule has 0 fully saturated rings. The van der Waals surface area contributed by atoms with E-state index in [1.54, 1.807) is 6.92 Å². The molecular weight excluding hydrogens is 201 g/mol. The number of aryl methyl sites for hydroxylation is 1. The van der Waals surface area contributed by atoms with Gasteiger partial charge in [-0.25, -0.2) is 9.18 Å². The van der Waals surface area contributed by atoms with E-state index in [-0.39, 0.29) is 0 Å². The van der Waals surface area contributed by atoms with Crippen molar-refractivity contribution in [1.29, 1.82) is 0 Å². The van der Waals surface area contributed by atoms with Gasteiger partial charge in [0.15, 0.2) is 0 Å². The Morgan fingerprint density at radius 2 is 2.07 bits per heavy atom. The highest BCUT2D eigenvalue weighted by Gasteiger charge is 2.14. The van der Waals surface area contributed by atoms with Gasteiger partial charge in [-0.1, -0.05) is 0 Å². The van der Waals surface area contributed by atoms with Crippen molar-refractivity contribution in [3.05, 3.63) is 29.6 Å². The normalized spacial score (nSPS) is 9.53. The van der Waals surface area contributed by atoms with E-state index in [2.05, 4.69) is 10.1 Å². The molecule has 1 rings (SSSR count). The van der Waals surface area contributed by atoms with Crippen molar-refractivity contribution >= 4 is 17.6 Å². The number of halogens is 1. The second-order valence-electron chi connectivity index (χ2n) is 2.90. The van der Waals surface area contributed by atoms with E-state index in [0.717, 1.165) is 7.11 Å². The number of hydrogen-bond donors (Lipinski definition) is 1. The fourth-order valence-electron chi connectivity index (χ4n) is 1.03. The Morgan fingerprint density at radius 3 is 2.60 bits per heavy atom. The number of carbonyl (C=O) groups excluding carboxylic acids is 2. The Balaban J connectivity index is 2.81. The molecule has 0 aliphatic rings. The molecule has 5 heteroatoms. The predicted octanol–water partition coefficient (Wildman–Crippen LogP) is 1.25. The summed E-state index contributed by atoms with van der Waals surface area (Å²) in [7, 11) is 1.11. The maximum absolute atomic E-state index is 12.7. The van der Waals surface area contributed by atoms with Crippen molar-refractivity contribution in [1.82, 2.24) is 0 Å². The van der Waals surface area contributed by atoms with Crippen molar-refractivity contribution < 1.29 is 18.7 Å². The van der Waals surface area contributed by atoms with Crippen LogP contribution in [-0.2, 0) is 14.3 Å². The zero-order valence-corrected chi connectivity index (χ0v) is 8.33. The highest BCUT2D eigenvalue weighted by atomic mass is 19.1. The maximum atomic E-state index is 12.7. The van der Waals surface area contributed by atoms with Crippen LogP contribution in [0.4, 0.5) is 10.1 Å². The number of nitrogens with one attached hydrogen (secondary N) is 1. The van der Waals surface area contributed by atoms with Gasteiger partial charge in [0.2, 0.25) is 0 Å². The van der Waals surface area contributed by atoms with E-state index in [4.69, 9.17) is 0 Å². The summed E-state index contributed by atoms with van der Waals surface area (Å²) in [4.78, 5) is 21.9. The van der Waals surface area contributed by atoms with Crippen molar-refractivity contribution in [3.8, 4) is 0 Å². The van der Waals surface area contributed by atoms with E-state index >= 15 is 0 Å². The average molecular weight is 211 g/mol. The molecule has 1 amide bonds. The summed E-state index contributed by atoms with van der Waals surface area (Å²) in [5.41, 5.74) is 0.916. The molecule has 80 valence electrons. The molecule has 0 spiro atoms. The summed E-state index contributed by atoms with van der Waals surface area (Å²) in [5.74, 6) is -2.27. The van der Waals surface area contributed by atoms with Gasteiger partial charge >= 0.3 is 11.9 Å². The fraction of sp³-hybridized carbons (Fsp3) is 0.200. The standard InChI is InChI=1S/C10H10FNO3/c1-6-5-7(11)3-4-8(6)12-9(13)10(14)15-2/h3-5H,1-2H3,(H,12,13). The van der Waals surface area contributed by atoms with E-state index in [0.29, 0.717) is 11.3 Å². The first-order valence-electron chi connectivity index (χ1n) is 4.20. The van der Waals surface area contributed by atoms with Crippen LogP contribution in [0, 0.1) is 12.7 Å². The summed E-state index contributed by atoms with van der Waals surface area (Å²) in [5, 5.41) is 2.31. The van der Waals surface area contributed by atoms with Gasteiger partial charge < -0.3 is 10.1 Å². The van der Waals surface area contributed by atoms with Crippen molar-refractivity contribution in [3.63, 3.8) is 0 Å². The number of hydrogen-bond acceptors (Lipinski definition) is 3. The third kappa shape index (κ3) is 2.77. The summed E-state index contributed by atoms with van der Waals surface area (Å²) in [6, 6.07) is 3.83. The second kappa shape index (κ2) is 4.54. The number of amides is 1. The molecule has 0 atom stereocenters. The first-order valence-corrected chi connectivity index (χ1v) is 4.20. The lowest BCUT2D eigenvalue weighted by molar-refractivity contribution is -0.150. The van der Waals surface area contributed by atoms with Crippen LogP contribution in [0.2, 0.25) is 0 Å². The second-order valence-corrected chi connectivity index (χ2v) is 2.90. The predicted molar refractivity (Wildman–Crippen MR) is 51.8 cm³/mol. The molecule has 1 N–H and O–H groups in total. The molecule has 0 heterocycles. The van der Waals surface area contributed by atoms with Crippen LogP contribution in [0.5, 0.6) is 0 Å². The first-order chi connectivity index (χ1) is 7.04. The molecule has 1 aromatic carbocycles. The van der Waals surface area contributed by atoms with Gasteiger partial charge in [0.1, 0.15) is 5.82 Å². The van der Waals surface area contributed by atoms with Crippen LogP contribution in [0.3, 0.4) is 0 Å². The molecule has 0 aliphatic heterocycles. The van der Waals surface area contributed by atoms with E-state index in [1.807, 2.05) is 0 Å². The lowest BCUT2D eigenvalue weighted by atomic mass is 10.2. The lowest BCUT2D eigenvalue weighted by Gasteiger charge is -2.06. The van der Waals surface area contributed by atoms with E-state index in [1.165, 1.54) is 18.2 Å². The highest BCUT2D eigenvalue weighted by molar-refractivity contribution is 6.37. The summed E-state index contributed by atoms with van der Waals surface area (Å²) >= 11 is 0. The number of esters is 1. The van der Waals surface area contributed by atoms with Gasteiger partial charge in [0, 0.05) is 5.69 Å². The highest BCUT2D eigenvalue weighted by Crippen LogP contribution is 2.15. The monoisotopic (exact) mass is 211 g/mol. The van der Waals surface area contributed by atoms with Gasteiger partial charge in [0.25, 0.3) is 0 Å². The minimum Gasteiger partial charge on any atom is -0.462 e. The summed E-state index contributed by atoms with van der Waals surface area (Å²) in [6.45, 7) is 1.62. The van der Waals surface area contributed by atoms with Gasteiger partial charge in [-0.2, -0.15) is 0 Å². The Kier molecular flexibility index (Phi) is 3.38. The number of benzene rings is 1. The SMILES string of the molecule is COC(=O)C(=O)Nc1ccc(F)cc1C. The number of carbonyl (C=O) groups is 2. The maximum Gasteiger partial charge on any atom is 0.396 e. The molecule has 1 aromatic rings. The molecule has 0 saturated heterocycles. The Hall–Kier alpha value is -1.91.